The van der Waals surface area contributed by atoms with E-state index in [1.54, 1.807) is 4.90 Å². The molecule has 1 aromatic heterocycles. The van der Waals surface area contributed by atoms with Crippen LogP contribution in [0.4, 0.5) is 0 Å². The van der Waals surface area contributed by atoms with E-state index in [0.29, 0.717) is 42.8 Å². The van der Waals surface area contributed by atoms with Gasteiger partial charge in [0, 0.05) is 24.6 Å². The second-order valence-electron chi connectivity index (χ2n) is 10.4. The van der Waals surface area contributed by atoms with Gasteiger partial charge in [-0.3, -0.25) is 9.59 Å². The van der Waals surface area contributed by atoms with Gasteiger partial charge in [-0.1, -0.05) is 12.8 Å². The molecular weight excluding hydrogens is 448 g/mol. The van der Waals surface area contributed by atoms with Gasteiger partial charge in [-0.05, 0) is 75.1 Å². The summed E-state index contributed by atoms with van der Waals surface area (Å²) in [5, 5.41) is 14.3. The molecule has 0 spiro atoms. The number of fused-ring (bicyclic) bond motifs is 4. The third kappa shape index (κ3) is 4.81. The molecule has 3 aliphatic rings. The summed E-state index contributed by atoms with van der Waals surface area (Å²) in [6, 6.07) is 3.68. The number of nitrogens with one attached hydrogen (secondary N) is 1. The van der Waals surface area contributed by atoms with E-state index in [4.69, 9.17) is 9.15 Å². The van der Waals surface area contributed by atoms with Gasteiger partial charge in [-0.2, -0.15) is 0 Å². The summed E-state index contributed by atoms with van der Waals surface area (Å²) in [6.07, 6.45) is 7.91. The number of benzene rings is 1. The summed E-state index contributed by atoms with van der Waals surface area (Å²) in [4.78, 5) is 39.4. The first-order valence-electron chi connectivity index (χ1n) is 12.8. The number of aliphatic hydroxyl groups is 1. The fourth-order valence-corrected chi connectivity index (χ4v) is 6.06. The molecule has 8 nitrogen and oxygen atoms in total. The molecule has 0 bridgehead atoms. The maximum atomic E-state index is 12.7. The van der Waals surface area contributed by atoms with E-state index in [1.165, 1.54) is 0 Å². The SMILES string of the molecule is Cc1cc(OCC(=O)NCC(=O)N2CC[C@@]3(O)CCCC[C@@H]3C2)c2c3c(c(=O)oc2c1)CCCC3. The molecule has 2 aromatic rings. The van der Waals surface area contributed by atoms with Crippen molar-refractivity contribution < 1.29 is 23.8 Å². The maximum Gasteiger partial charge on any atom is 0.339 e. The van der Waals surface area contributed by atoms with Crippen LogP contribution >= 0.6 is 0 Å². The molecule has 8 heteroatoms. The zero-order valence-corrected chi connectivity index (χ0v) is 20.4. The summed E-state index contributed by atoms with van der Waals surface area (Å²) in [5.74, 6) is 0.123. The Morgan fingerprint density at radius 2 is 1.97 bits per heavy atom. The smallest absolute Gasteiger partial charge is 0.339 e. The first-order valence-corrected chi connectivity index (χ1v) is 12.8. The highest BCUT2D eigenvalue weighted by molar-refractivity contribution is 5.89. The largest absolute Gasteiger partial charge is 0.483 e. The normalized spacial score (nSPS) is 23.9. The molecule has 5 rings (SSSR count). The molecule has 0 radical (unpaired) electrons. The Morgan fingerprint density at radius 1 is 1.17 bits per heavy atom. The second kappa shape index (κ2) is 9.64. The Hall–Kier alpha value is -2.87. The first-order chi connectivity index (χ1) is 16.8. The minimum absolute atomic E-state index is 0.0911. The predicted molar refractivity (Wildman–Crippen MR) is 130 cm³/mol. The number of aryl methyl sites for hydroxylation is 2. The van der Waals surface area contributed by atoms with E-state index in [-0.39, 0.29) is 36.5 Å². The topological polar surface area (TPSA) is 109 Å². The van der Waals surface area contributed by atoms with Crippen molar-refractivity contribution in [2.45, 2.75) is 70.3 Å². The van der Waals surface area contributed by atoms with Crippen molar-refractivity contribution in [2.75, 3.05) is 26.2 Å². The highest BCUT2D eigenvalue weighted by atomic mass is 16.5. The Labute approximate surface area is 204 Å². The number of rotatable bonds is 5. The van der Waals surface area contributed by atoms with Crippen LogP contribution < -0.4 is 15.7 Å². The molecule has 35 heavy (non-hydrogen) atoms. The average Bonchev–Trinajstić information content (AvgIpc) is 2.85. The lowest BCUT2D eigenvalue weighted by Gasteiger charge is -2.47. The van der Waals surface area contributed by atoms with Crippen LogP contribution in [0.5, 0.6) is 5.75 Å². The molecule has 1 aliphatic heterocycles. The Balaban J connectivity index is 1.21. The molecule has 2 aliphatic carbocycles. The van der Waals surface area contributed by atoms with Crippen LogP contribution in [0.25, 0.3) is 11.0 Å². The van der Waals surface area contributed by atoms with Crippen LogP contribution in [-0.4, -0.2) is 53.7 Å². The number of nitrogens with zero attached hydrogens (tertiary/aromatic N) is 1. The second-order valence-corrected chi connectivity index (χ2v) is 10.4. The van der Waals surface area contributed by atoms with Crippen LogP contribution in [0.1, 0.15) is 61.6 Å². The van der Waals surface area contributed by atoms with E-state index in [2.05, 4.69) is 5.32 Å². The monoisotopic (exact) mass is 482 g/mol. The molecule has 2 heterocycles. The predicted octanol–water partition coefficient (Wildman–Crippen LogP) is 2.63. The molecule has 1 aromatic carbocycles. The Morgan fingerprint density at radius 3 is 2.80 bits per heavy atom. The summed E-state index contributed by atoms with van der Waals surface area (Å²) in [7, 11) is 0. The number of ether oxygens (including phenoxy) is 1. The van der Waals surface area contributed by atoms with Crippen molar-refractivity contribution >= 4 is 22.8 Å². The lowest BCUT2D eigenvalue weighted by molar-refractivity contribution is -0.143. The zero-order valence-electron chi connectivity index (χ0n) is 20.4. The van der Waals surface area contributed by atoms with Crippen molar-refractivity contribution in [2.24, 2.45) is 5.92 Å². The number of amides is 2. The van der Waals surface area contributed by atoms with Crippen LogP contribution in [0, 0.1) is 12.8 Å². The first kappa shape index (κ1) is 23.9. The van der Waals surface area contributed by atoms with Crippen molar-refractivity contribution in [1.29, 1.82) is 0 Å². The van der Waals surface area contributed by atoms with E-state index < -0.39 is 5.60 Å². The van der Waals surface area contributed by atoms with Gasteiger partial charge >= 0.3 is 5.63 Å². The summed E-state index contributed by atoms with van der Waals surface area (Å²) in [6.45, 7) is 2.63. The number of piperidine rings is 1. The molecule has 2 amide bonds. The third-order valence-corrected chi connectivity index (χ3v) is 8.00. The number of carbonyl (C=O) groups excluding carboxylic acids is 2. The molecular formula is C27H34N2O6. The fourth-order valence-electron chi connectivity index (χ4n) is 6.06. The number of likely N-dealkylation sites (tertiary alicyclic amines) is 1. The lowest BCUT2D eigenvalue weighted by Crippen LogP contribution is -2.56. The average molecular weight is 483 g/mol. The highest BCUT2D eigenvalue weighted by Crippen LogP contribution is 2.39. The van der Waals surface area contributed by atoms with Crippen LogP contribution in [0.2, 0.25) is 0 Å². The van der Waals surface area contributed by atoms with Gasteiger partial charge in [0.2, 0.25) is 5.91 Å². The van der Waals surface area contributed by atoms with Gasteiger partial charge in [0.25, 0.3) is 5.91 Å². The van der Waals surface area contributed by atoms with Gasteiger partial charge < -0.3 is 24.5 Å². The number of hydrogen-bond donors (Lipinski definition) is 2. The van der Waals surface area contributed by atoms with E-state index >= 15 is 0 Å². The van der Waals surface area contributed by atoms with Gasteiger partial charge in [0.15, 0.2) is 6.61 Å². The molecule has 1 saturated heterocycles. The minimum Gasteiger partial charge on any atom is -0.483 e. The van der Waals surface area contributed by atoms with Gasteiger partial charge in [0.1, 0.15) is 11.3 Å². The molecule has 2 fully saturated rings. The zero-order chi connectivity index (χ0) is 24.6. The molecule has 1 saturated carbocycles. The molecule has 0 unspecified atom stereocenters. The highest BCUT2D eigenvalue weighted by Gasteiger charge is 2.43. The molecule has 2 atom stereocenters. The van der Waals surface area contributed by atoms with Crippen molar-refractivity contribution in [3.63, 3.8) is 0 Å². The molecule has 2 N–H and O–H groups in total. The molecule has 188 valence electrons. The number of hydrogen-bond acceptors (Lipinski definition) is 6. The van der Waals surface area contributed by atoms with E-state index in [1.807, 2.05) is 19.1 Å². The minimum atomic E-state index is -0.638. The van der Waals surface area contributed by atoms with E-state index in [9.17, 15) is 19.5 Å². The van der Waals surface area contributed by atoms with Crippen molar-refractivity contribution in [1.82, 2.24) is 10.2 Å². The fraction of sp³-hybridized carbons (Fsp3) is 0.593. The maximum absolute atomic E-state index is 12.7. The standard InChI is InChI=1S/C27H34N2O6/c1-17-12-21(25-19-7-2-3-8-20(19)26(32)35-22(25)13-17)34-16-23(30)28-14-24(31)29-11-10-27(33)9-5-4-6-18(27)15-29/h12-13,18,33H,2-11,14-16H2,1H3,(H,28,30)/t18-,27+/m1/s1. The van der Waals surface area contributed by atoms with Crippen molar-refractivity contribution in [3.8, 4) is 5.75 Å². The summed E-state index contributed by atoms with van der Waals surface area (Å²) in [5.41, 5.74) is 2.09. The van der Waals surface area contributed by atoms with Gasteiger partial charge in [-0.15, -0.1) is 0 Å². The number of carbonyl (C=O) groups is 2. The lowest BCUT2D eigenvalue weighted by atomic mass is 9.71. The Kier molecular flexibility index (Phi) is 6.57. The third-order valence-electron chi connectivity index (χ3n) is 8.00. The summed E-state index contributed by atoms with van der Waals surface area (Å²) < 4.78 is 11.5. The van der Waals surface area contributed by atoms with Gasteiger partial charge in [-0.25, -0.2) is 4.79 Å². The quantitative estimate of drug-likeness (QED) is 0.634. The Bertz CT molecular complexity index is 1200. The van der Waals surface area contributed by atoms with Crippen molar-refractivity contribution in [3.05, 3.63) is 39.2 Å². The van der Waals surface area contributed by atoms with Crippen LogP contribution in [0.15, 0.2) is 21.3 Å². The van der Waals surface area contributed by atoms with E-state index in [0.717, 1.165) is 61.5 Å². The van der Waals surface area contributed by atoms with Gasteiger partial charge in [0.05, 0.1) is 17.5 Å². The van der Waals surface area contributed by atoms with Crippen LogP contribution in [0.3, 0.4) is 0 Å². The summed E-state index contributed by atoms with van der Waals surface area (Å²) >= 11 is 0. The van der Waals surface area contributed by atoms with Crippen LogP contribution in [-0.2, 0) is 22.4 Å².